The molecule has 2 N–H and O–H groups in total. The van der Waals surface area contributed by atoms with Crippen molar-refractivity contribution in [2.75, 3.05) is 13.1 Å². The minimum absolute atomic E-state index is 0.433. The molecule has 1 aromatic heterocycles. The van der Waals surface area contributed by atoms with Gasteiger partial charge in [-0.05, 0) is 18.4 Å². The van der Waals surface area contributed by atoms with Crippen LogP contribution in [0.5, 0.6) is 0 Å². The Bertz CT molecular complexity index is 587. The Labute approximate surface area is 129 Å². The number of aryl methyl sites for hydroxylation is 2. The predicted octanol–water partition coefficient (Wildman–Crippen LogP) is 0.782. The summed E-state index contributed by atoms with van der Waals surface area (Å²) in [4.78, 5) is 6.42. The summed E-state index contributed by atoms with van der Waals surface area (Å²) >= 11 is 0. The summed E-state index contributed by atoms with van der Waals surface area (Å²) in [5.74, 6) is 1.27. The third-order valence-electron chi connectivity index (χ3n) is 3.98. The van der Waals surface area contributed by atoms with Gasteiger partial charge in [0.2, 0.25) is 5.89 Å². The molecule has 0 bridgehead atoms. The van der Waals surface area contributed by atoms with Crippen LogP contribution in [0, 0.1) is 0 Å². The zero-order valence-electron chi connectivity index (χ0n) is 12.4. The predicted molar refractivity (Wildman–Crippen MR) is 80.1 cm³/mol. The van der Waals surface area contributed by atoms with Crippen molar-refractivity contribution in [2.45, 2.75) is 38.0 Å². The lowest BCUT2D eigenvalue weighted by Gasteiger charge is -2.32. The SMILES string of the molecule is O[C@@H]1CCN(Cc2nc(CCc3ccccc3)no2)C[C@@H]1O. The van der Waals surface area contributed by atoms with Gasteiger partial charge < -0.3 is 14.7 Å². The highest BCUT2D eigenvalue weighted by molar-refractivity contribution is 5.15. The minimum atomic E-state index is -0.700. The number of nitrogens with zero attached hydrogens (tertiary/aromatic N) is 3. The van der Waals surface area contributed by atoms with Crippen LogP contribution in [0.1, 0.15) is 23.7 Å². The molecule has 0 radical (unpaired) electrons. The van der Waals surface area contributed by atoms with Gasteiger partial charge in [0.05, 0.1) is 18.8 Å². The van der Waals surface area contributed by atoms with E-state index in [1.807, 2.05) is 23.1 Å². The van der Waals surface area contributed by atoms with Crippen molar-refractivity contribution in [1.29, 1.82) is 0 Å². The number of piperidine rings is 1. The highest BCUT2D eigenvalue weighted by Crippen LogP contribution is 2.14. The van der Waals surface area contributed by atoms with E-state index >= 15 is 0 Å². The van der Waals surface area contributed by atoms with Gasteiger partial charge in [0.25, 0.3) is 0 Å². The fourth-order valence-electron chi connectivity index (χ4n) is 2.68. The third-order valence-corrected chi connectivity index (χ3v) is 3.98. The van der Waals surface area contributed by atoms with Gasteiger partial charge in [-0.2, -0.15) is 4.98 Å². The molecule has 1 aromatic carbocycles. The summed E-state index contributed by atoms with van der Waals surface area (Å²) in [6.45, 7) is 1.67. The second-order valence-electron chi connectivity index (χ2n) is 5.75. The standard InChI is InChI=1S/C16H21N3O3/c20-13-8-9-19(10-14(13)21)11-16-17-15(18-22-16)7-6-12-4-2-1-3-5-12/h1-5,13-14,20-21H,6-11H2/t13-,14+/m1/s1. The van der Waals surface area contributed by atoms with Crippen molar-refractivity contribution in [2.24, 2.45) is 0 Å². The van der Waals surface area contributed by atoms with Crippen molar-refractivity contribution < 1.29 is 14.7 Å². The summed E-state index contributed by atoms with van der Waals surface area (Å²) in [5.41, 5.74) is 1.25. The van der Waals surface area contributed by atoms with Gasteiger partial charge in [-0.15, -0.1) is 0 Å². The monoisotopic (exact) mass is 303 g/mol. The van der Waals surface area contributed by atoms with Crippen molar-refractivity contribution in [1.82, 2.24) is 15.0 Å². The van der Waals surface area contributed by atoms with Crippen LogP contribution in [0.4, 0.5) is 0 Å². The second-order valence-corrected chi connectivity index (χ2v) is 5.75. The van der Waals surface area contributed by atoms with Gasteiger partial charge in [-0.3, -0.25) is 4.90 Å². The van der Waals surface area contributed by atoms with Crippen LogP contribution in [-0.2, 0) is 19.4 Å². The largest absolute Gasteiger partial charge is 0.390 e. The number of aliphatic hydroxyl groups is 2. The van der Waals surface area contributed by atoms with E-state index < -0.39 is 12.2 Å². The van der Waals surface area contributed by atoms with Crippen LogP contribution in [0.2, 0.25) is 0 Å². The molecule has 1 fully saturated rings. The molecule has 6 heteroatoms. The van der Waals surface area contributed by atoms with Crippen LogP contribution in [0.15, 0.2) is 34.9 Å². The van der Waals surface area contributed by atoms with Crippen LogP contribution in [0.3, 0.4) is 0 Å². The van der Waals surface area contributed by atoms with Crippen LogP contribution in [0.25, 0.3) is 0 Å². The van der Waals surface area contributed by atoms with Crippen molar-refractivity contribution in [3.63, 3.8) is 0 Å². The number of aliphatic hydroxyl groups excluding tert-OH is 2. The summed E-state index contributed by atoms with van der Waals surface area (Å²) in [7, 11) is 0. The first-order valence-electron chi connectivity index (χ1n) is 7.64. The van der Waals surface area contributed by atoms with Gasteiger partial charge in [0.1, 0.15) is 0 Å². The van der Waals surface area contributed by atoms with E-state index in [1.54, 1.807) is 0 Å². The average molecular weight is 303 g/mol. The van der Waals surface area contributed by atoms with E-state index in [9.17, 15) is 10.2 Å². The summed E-state index contributed by atoms with van der Waals surface area (Å²) < 4.78 is 5.27. The van der Waals surface area contributed by atoms with Crippen molar-refractivity contribution >= 4 is 0 Å². The quantitative estimate of drug-likeness (QED) is 0.849. The topological polar surface area (TPSA) is 82.6 Å². The van der Waals surface area contributed by atoms with Crippen LogP contribution in [-0.4, -0.2) is 50.6 Å². The molecule has 22 heavy (non-hydrogen) atoms. The van der Waals surface area contributed by atoms with Crippen molar-refractivity contribution in [3.05, 3.63) is 47.6 Å². The van der Waals surface area contributed by atoms with Gasteiger partial charge in [-0.1, -0.05) is 35.5 Å². The maximum absolute atomic E-state index is 9.68. The Kier molecular flexibility index (Phi) is 4.82. The first-order valence-corrected chi connectivity index (χ1v) is 7.64. The van der Waals surface area contributed by atoms with E-state index in [1.165, 1.54) is 5.56 Å². The number of hydrogen-bond acceptors (Lipinski definition) is 6. The van der Waals surface area contributed by atoms with Gasteiger partial charge in [-0.25, -0.2) is 0 Å². The molecule has 118 valence electrons. The lowest BCUT2D eigenvalue weighted by molar-refractivity contribution is -0.0423. The number of β-amino-alcohol motifs (C(OH)–C–C–N with tert-alkyl or cyclic N) is 1. The Balaban J connectivity index is 1.51. The first-order chi connectivity index (χ1) is 10.7. The molecule has 1 aliphatic rings. The number of aromatic nitrogens is 2. The molecule has 2 aromatic rings. The fraction of sp³-hybridized carbons (Fsp3) is 0.500. The number of benzene rings is 1. The first kappa shape index (κ1) is 15.1. The maximum Gasteiger partial charge on any atom is 0.240 e. The minimum Gasteiger partial charge on any atom is -0.390 e. The van der Waals surface area contributed by atoms with Gasteiger partial charge >= 0.3 is 0 Å². The average Bonchev–Trinajstić information content (AvgIpc) is 2.97. The zero-order chi connectivity index (χ0) is 15.4. The fourth-order valence-corrected chi connectivity index (χ4v) is 2.68. The molecule has 0 spiro atoms. The second kappa shape index (κ2) is 7.00. The third kappa shape index (κ3) is 3.91. The molecule has 1 saturated heterocycles. The molecular weight excluding hydrogens is 282 g/mol. The zero-order valence-corrected chi connectivity index (χ0v) is 12.4. The molecule has 0 saturated carbocycles. The molecular formula is C16H21N3O3. The molecule has 0 unspecified atom stereocenters. The highest BCUT2D eigenvalue weighted by Gasteiger charge is 2.26. The van der Waals surface area contributed by atoms with E-state index in [0.29, 0.717) is 31.2 Å². The molecule has 0 aliphatic carbocycles. The molecule has 6 nitrogen and oxygen atoms in total. The van der Waals surface area contributed by atoms with E-state index in [2.05, 4.69) is 22.3 Å². The Morgan fingerprint density at radius 3 is 2.73 bits per heavy atom. The molecule has 2 heterocycles. The van der Waals surface area contributed by atoms with Gasteiger partial charge in [0, 0.05) is 19.5 Å². The smallest absolute Gasteiger partial charge is 0.240 e. The lowest BCUT2D eigenvalue weighted by Crippen LogP contribution is -2.46. The van der Waals surface area contributed by atoms with E-state index in [4.69, 9.17) is 4.52 Å². The normalized spacial score (nSPS) is 22.8. The van der Waals surface area contributed by atoms with Crippen molar-refractivity contribution in [3.8, 4) is 0 Å². The Morgan fingerprint density at radius 1 is 1.14 bits per heavy atom. The molecule has 0 amide bonds. The van der Waals surface area contributed by atoms with E-state index in [0.717, 1.165) is 19.4 Å². The summed E-state index contributed by atoms with van der Waals surface area (Å²) in [5, 5.41) is 23.2. The molecule has 2 atom stereocenters. The summed E-state index contributed by atoms with van der Waals surface area (Å²) in [6, 6.07) is 10.2. The summed E-state index contributed by atoms with van der Waals surface area (Å²) in [6.07, 6.45) is 0.869. The number of rotatable bonds is 5. The Hall–Kier alpha value is -1.76. The Morgan fingerprint density at radius 2 is 1.95 bits per heavy atom. The number of likely N-dealkylation sites (tertiary alicyclic amines) is 1. The molecule has 1 aliphatic heterocycles. The van der Waals surface area contributed by atoms with Gasteiger partial charge in [0.15, 0.2) is 5.82 Å². The highest BCUT2D eigenvalue weighted by atomic mass is 16.5. The molecule has 3 rings (SSSR count). The number of hydrogen-bond donors (Lipinski definition) is 2. The van der Waals surface area contributed by atoms with Crippen LogP contribution < -0.4 is 0 Å². The maximum atomic E-state index is 9.68. The lowest BCUT2D eigenvalue weighted by atomic mass is 10.1. The van der Waals surface area contributed by atoms with Crippen LogP contribution >= 0.6 is 0 Å². The van der Waals surface area contributed by atoms with E-state index in [-0.39, 0.29) is 0 Å².